The maximum absolute atomic E-state index is 14.8. The highest BCUT2D eigenvalue weighted by Gasteiger charge is 2.36. The summed E-state index contributed by atoms with van der Waals surface area (Å²) in [6.45, 7) is 1.47. The van der Waals surface area contributed by atoms with E-state index >= 15 is 0 Å². The van der Waals surface area contributed by atoms with Crippen LogP contribution in [0.25, 0.3) is 5.65 Å². The van der Waals surface area contributed by atoms with Crippen LogP contribution in [-0.2, 0) is 6.54 Å². The van der Waals surface area contributed by atoms with E-state index in [9.17, 15) is 18.0 Å². The third-order valence-corrected chi connectivity index (χ3v) is 7.49. The first-order chi connectivity index (χ1) is 18.0. The second-order valence-electron chi connectivity index (χ2n) is 9.83. The summed E-state index contributed by atoms with van der Waals surface area (Å²) in [5.41, 5.74) is 10.6. The minimum absolute atomic E-state index is 0.0256. The number of carbonyl (C=O) groups is 1. The van der Waals surface area contributed by atoms with Gasteiger partial charge in [-0.1, -0.05) is 12.1 Å². The van der Waals surface area contributed by atoms with Crippen LogP contribution in [-0.4, -0.2) is 63.6 Å². The molecular weight excluding hydrogens is 483 g/mol. The van der Waals surface area contributed by atoms with Gasteiger partial charge in [-0.25, -0.2) is 28.4 Å². The van der Waals surface area contributed by atoms with Gasteiger partial charge in [0.05, 0.1) is 12.1 Å². The summed E-state index contributed by atoms with van der Waals surface area (Å²) in [4.78, 5) is 21.0. The summed E-state index contributed by atoms with van der Waals surface area (Å²) in [5.74, 6) is -1.25. The largest absolute Gasteiger partial charge is 0.331 e. The van der Waals surface area contributed by atoms with E-state index in [0.717, 1.165) is 22.5 Å². The Morgan fingerprint density at radius 2 is 2.00 bits per heavy atom. The van der Waals surface area contributed by atoms with Gasteiger partial charge in [0.1, 0.15) is 23.5 Å². The Hall–Kier alpha value is -3.57. The van der Waals surface area contributed by atoms with Crippen LogP contribution in [0.4, 0.5) is 18.0 Å². The van der Waals surface area contributed by atoms with Crippen molar-refractivity contribution < 1.29 is 18.0 Å². The zero-order valence-electron chi connectivity index (χ0n) is 20.1. The van der Waals surface area contributed by atoms with Crippen molar-refractivity contribution in [2.75, 3.05) is 26.2 Å². The van der Waals surface area contributed by atoms with Gasteiger partial charge >= 0.3 is 6.03 Å². The fourth-order valence-electron chi connectivity index (χ4n) is 5.44. The number of nitrogens with one attached hydrogen (secondary N) is 3. The number of urea groups is 1. The average Bonchev–Trinajstić information content (AvgIpc) is 3.54. The van der Waals surface area contributed by atoms with E-state index in [1.165, 1.54) is 18.2 Å². The molecule has 11 heteroatoms. The number of amides is 2. The lowest BCUT2D eigenvalue weighted by atomic mass is 9.96. The molecule has 0 radical (unpaired) electrons. The van der Waals surface area contributed by atoms with E-state index in [4.69, 9.17) is 0 Å². The Morgan fingerprint density at radius 3 is 2.84 bits per heavy atom. The third-order valence-electron chi connectivity index (χ3n) is 7.49. The van der Waals surface area contributed by atoms with Crippen LogP contribution in [0.5, 0.6) is 0 Å². The van der Waals surface area contributed by atoms with Gasteiger partial charge in [-0.2, -0.15) is 0 Å². The first kappa shape index (κ1) is 23.8. The Balaban J connectivity index is 1.11. The lowest BCUT2D eigenvalue weighted by molar-refractivity contribution is 0.101. The van der Waals surface area contributed by atoms with Gasteiger partial charge in [0.2, 0.25) is 0 Å². The highest BCUT2D eigenvalue weighted by atomic mass is 19.1. The molecule has 37 heavy (non-hydrogen) atoms. The minimum Gasteiger partial charge on any atom is -0.331 e. The predicted molar refractivity (Wildman–Crippen MR) is 131 cm³/mol. The Bertz CT molecular complexity index is 1340. The van der Waals surface area contributed by atoms with Crippen LogP contribution in [0.1, 0.15) is 30.0 Å². The summed E-state index contributed by atoms with van der Waals surface area (Å²) in [6, 6.07) is 6.51. The molecule has 8 nitrogen and oxygen atoms in total. The molecule has 0 bridgehead atoms. The summed E-state index contributed by atoms with van der Waals surface area (Å²) in [5, 5.41) is 2.85. The number of imidazole rings is 1. The van der Waals surface area contributed by atoms with Gasteiger partial charge in [-0.15, -0.1) is 0 Å². The van der Waals surface area contributed by atoms with E-state index < -0.39 is 23.8 Å². The number of aromatic nitrogens is 2. The number of carbonyl (C=O) groups excluding carboxylic acids is 1. The quantitative estimate of drug-likeness (QED) is 0.502. The molecule has 3 atom stereocenters. The van der Waals surface area contributed by atoms with Crippen LogP contribution in [0.3, 0.4) is 0 Å². The zero-order chi connectivity index (χ0) is 25.5. The predicted octanol–water partition coefficient (Wildman–Crippen LogP) is 3.04. The molecule has 3 N–H and O–H groups in total. The number of likely N-dealkylation sites (tertiary alicyclic amines) is 1. The molecular formula is C26H28F3N7O. The van der Waals surface area contributed by atoms with Crippen LogP contribution in [0, 0.1) is 11.6 Å². The van der Waals surface area contributed by atoms with Crippen molar-refractivity contribution >= 4 is 11.7 Å². The molecule has 1 saturated heterocycles. The maximum atomic E-state index is 14.8. The van der Waals surface area contributed by atoms with E-state index in [-0.39, 0.29) is 37.1 Å². The molecule has 3 aliphatic rings. The fourth-order valence-corrected chi connectivity index (χ4v) is 5.44. The third kappa shape index (κ3) is 4.64. The second kappa shape index (κ2) is 9.71. The number of nitrogens with zero attached hydrogens (tertiary/aromatic N) is 4. The monoisotopic (exact) mass is 511 g/mol. The summed E-state index contributed by atoms with van der Waals surface area (Å²) in [6.07, 6.45) is 5.26. The van der Waals surface area contributed by atoms with E-state index in [1.54, 1.807) is 16.0 Å². The van der Waals surface area contributed by atoms with Gasteiger partial charge in [0.15, 0.2) is 0 Å². The molecule has 1 aromatic carbocycles. The molecule has 5 heterocycles. The lowest BCUT2D eigenvalue weighted by Gasteiger charge is -2.37. The molecule has 3 unspecified atom stereocenters. The summed E-state index contributed by atoms with van der Waals surface area (Å²) >= 11 is 0. The van der Waals surface area contributed by atoms with Crippen molar-refractivity contribution in [1.29, 1.82) is 0 Å². The lowest BCUT2D eigenvalue weighted by Crippen LogP contribution is -2.56. The van der Waals surface area contributed by atoms with Crippen LogP contribution >= 0.6 is 0 Å². The number of hydrogen-bond donors (Lipinski definition) is 3. The van der Waals surface area contributed by atoms with Crippen molar-refractivity contribution in [3.8, 4) is 0 Å². The molecule has 0 spiro atoms. The van der Waals surface area contributed by atoms with Gasteiger partial charge < -0.3 is 20.0 Å². The molecule has 0 aliphatic carbocycles. The Kier molecular flexibility index (Phi) is 6.25. The molecule has 3 aliphatic heterocycles. The molecule has 3 aromatic rings. The van der Waals surface area contributed by atoms with Crippen molar-refractivity contribution in [2.24, 2.45) is 0 Å². The SMILES string of the molecule is O=C(NC1CN(Cc2c(F)cccc2F)CCC1F)N1CCC2=C(C1)C(c1ccc3nccn3c1)NN2. The van der Waals surface area contributed by atoms with Gasteiger partial charge in [-0.3, -0.25) is 4.90 Å². The number of halogens is 3. The van der Waals surface area contributed by atoms with Crippen molar-refractivity contribution in [1.82, 2.24) is 35.4 Å². The molecule has 194 valence electrons. The highest BCUT2D eigenvalue weighted by molar-refractivity contribution is 5.75. The van der Waals surface area contributed by atoms with Crippen molar-refractivity contribution in [3.63, 3.8) is 0 Å². The van der Waals surface area contributed by atoms with Crippen molar-refractivity contribution in [2.45, 2.75) is 37.6 Å². The topological polar surface area (TPSA) is 76.9 Å². The number of hydrogen-bond acceptors (Lipinski definition) is 5. The Morgan fingerprint density at radius 1 is 1.16 bits per heavy atom. The minimum atomic E-state index is -1.23. The number of pyridine rings is 1. The number of rotatable bonds is 4. The fraction of sp³-hybridized carbons (Fsp3) is 0.385. The van der Waals surface area contributed by atoms with Gasteiger partial charge in [-0.05, 0) is 35.8 Å². The molecule has 2 aromatic heterocycles. The van der Waals surface area contributed by atoms with E-state index in [2.05, 4.69) is 21.2 Å². The van der Waals surface area contributed by atoms with E-state index in [0.29, 0.717) is 26.1 Å². The maximum Gasteiger partial charge on any atom is 0.318 e. The first-order valence-electron chi connectivity index (χ1n) is 12.5. The van der Waals surface area contributed by atoms with Gasteiger partial charge in [0, 0.05) is 69.0 Å². The smallest absolute Gasteiger partial charge is 0.318 e. The first-order valence-corrected chi connectivity index (χ1v) is 12.5. The van der Waals surface area contributed by atoms with Crippen LogP contribution in [0.2, 0.25) is 0 Å². The standard InChI is InChI=1S/C26H28F3N7O/c27-19-2-1-3-20(28)17(19)13-34-9-6-21(29)23(15-34)31-26(37)36-10-7-22-18(14-36)25(33-32-22)16-4-5-24-30-8-11-35(24)12-16/h1-5,8,11-12,21,23,25,32-33H,6-7,9-10,13-15H2,(H,31,37). The summed E-state index contributed by atoms with van der Waals surface area (Å²) < 4.78 is 45.0. The van der Waals surface area contributed by atoms with Gasteiger partial charge in [0.25, 0.3) is 0 Å². The number of hydrazine groups is 1. The molecule has 6 rings (SSSR count). The average molecular weight is 512 g/mol. The molecule has 0 saturated carbocycles. The second-order valence-corrected chi connectivity index (χ2v) is 9.83. The zero-order valence-corrected chi connectivity index (χ0v) is 20.1. The number of piperidine rings is 1. The van der Waals surface area contributed by atoms with Crippen LogP contribution < -0.4 is 16.2 Å². The normalized spacial score (nSPS) is 24.3. The Labute approximate surface area is 212 Å². The summed E-state index contributed by atoms with van der Waals surface area (Å²) in [7, 11) is 0. The number of alkyl halides is 1. The highest BCUT2D eigenvalue weighted by Crippen LogP contribution is 2.32. The number of fused-ring (bicyclic) bond motifs is 1. The molecule has 2 amide bonds. The molecule has 1 fully saturated rings. The van der Waals surface area contributed by atoms with Crippen LogP contribution in [0.15, 0.2) is 60.2 Å². The van der Waals surface area contributed by atoms with Crippen molar-refractivity contribution in [3.05, 3.63) is 83.0 Å². The van der Waals surface area contributed by atoms with E-state index in [1.807, 2.05) is 28.9 Å². The number of benzene rings is 1.